The minimum atomic E-state index is -0.133. The molecule has 0 radical (unpaired) electrons. The Morgan fingerprint density at radius 1 is 1.44 bits per heavy atom. The fourth-order valence-corrected chi connectivity index (χ4v) is 1.91. The zero-order chi connectivity index (χ0) is 11.5. The van der Waals surface area contributed by atoms with Crippen LogP contribution in [0.1, 0.15) is 0 Å². The van der Waals surface area contributed by atoms with E-state index in [1.807, 2.05) is 22.6 Å². The maximum Gasteiger partial charge on any atom is 0.317 e. The van der Waals surface area contributed by atoms with Crippen LogP contribution in [0.4, 0.5) is 4.79 Å². The highest BCUT2D eigenvalue weighted by Gasteiger charge is 2.18. The summed E-state index contributed by atoms with van der Waals surface area (Å²) in [5, 5.41) is 6.71. The molecule has 2 amide bonds. The van der Waals surface area contributed by atoms with E-state index in [0.717, 1.165) is 3.57 Å². The summed E-state index contributed by atoms with van der Waals surface area (Å²) >= 11 is 2.04. The van der Waals surface area contributed by atoms with E-state index in [1.54, 1.807) is 11.1 Å². The zero-order valence-electron chi connectivity index (χ0n) is 8.52. The van der Waals surface area contributed by atoms with Gasteiger partial charge in [-0.25, -0.2) is 9.48 Å². The molecule has 16 heavy (non-hydrogen) atoms. The second kappa shape index (κ2) is 4.81. The second-order valence-corrected chi connectivity index (χ2v) is 4.70. The van der Waals surface area contributed by atoms with E-state index >= 15 is 0 Å². The van der Waals surface area contributed by atoms with Gasteiger partial charge in [-0.05, 0) is 22.6 Å². The highest BCUT2D eigenvalue weighted by Crippen LogP contribution is 1.98. The largest absolute Gasteiger partial charge is 0.336 e. The third kappa shape index (κ3) is 2.52. The molecule has 0 bridgehead atoms. The van der Waals surface area contributed by atoms with Crippen LogP contribution in [-0.4, -0.2) is 40.3 Å². The summed E-state index contributed by atoms with van der Waals surface area (Å²) in [4.78, 5) is 24.4. The number of hydrogen-bond donors (Lipinski definition) is 1. The standard InChI is InChI=1S/C9H11IN4O2/c10-7-5-8(15)14(12-6-7)4-3-13-2-1-11-9(13)16/h5-6H,1-4H2,(H,11,16). The van der Waals surface area contributed by atoms with Gasteiger partial charge in [0.2, 0.25) is 0 Å². The van der Waals surface area contributed by atoms with Gasteiger partial charge in [-0.3, -0.25) is 4.79 Å². The minimum absolute atomic E-state index is 0.0708. The van der Waals surface area contributed by atoms with E-state index < -0.39 is 0 Å². The van der Waals surface area contributed by atoms with Gasteiger partial charge >= 0.3 is 6.03 Å². The van der Waals surface area contributed by atoms with Crippen molar-refractivity contribution in [3.8, 4) is 0 Å². The molecule has 1 saturated heterocycles. The Bertz CT molecular complexity index is 459. The molecular weight excluding hydrogens is 323 g/mol. The quantitative estimate of drug-likeness (QED) is 0.784. The van der Waals surface area contributed by atoms with Crippen LogP contribution < -0.4 is 10.9 Å². The predicted octanol–water partition coefficient (Wildman–Crippen LogP) is -0.127. The van der Waals surface area contributed by atoms with Crippen molar-refractivity contribution in [3.63, 3.8) is 0 Å². The highest BCUT2D eigenvalue weighted by molar-refractivity contribution is 14.1. The summed E-state index contributed by atoms with van der Waals surface area (Å²) in [6.45, 7) is 2.31. The molecule has 1 aliphatic heterocycles. The summed E-state index contributed by atoms with van der Waals surface area (Å²) in [6, 6.07) is 1.45. The molecule has 1 aromatic heterocycles. The van der Waals surface area contributed by atoms with Crippen molar-refractivity contribution in [2.75, 3.05) is 19.6 Å². The monoisotopic (exact) mass is 334 g/mol. The Hall–Kier alpha value is -1.12. The zero-order valence-corrected chi connectivity index (χ0v) is 10.7. The number of nitrogens with zero attached hydrogens (tertiary/aromatic N) is 3. The number of aromatic nitrogens is 2. The van der Waals surface area contributed by atoms with E-state index in [1.165, 1.54) is 10.7 Å². The topological polar surface area (TPSA) is 67.2 Å². The molecule has 86 valence electrons. The van der Waals surface area contributed by atoms with Crippen LogP contribution in [0, 0.1) is 3.57 Å². The third-order valence-corrected chi connectivity index (χ3v) is 2.95. The molecule has 0 unspecified atom stereocenters. The third-order valence-electron chi connectivity index (χ3n) is 2.36. The molecule has 0 aliphatic carbocycles. The van der Waals surface area contributed by atoms with Crippen molar-refractivity contribution < 1.29 is 4.79 Å². The highest BCUT2D eigenvalue weighted by atomic mass is 127. The number of carbonyl (C=O) groups excluding carboxylic acids is 1. The summed E-state index contributed by atoms with van der Waals surface area (Å²) in [7, 11) is 0. The van der Waals surface area contributed by atoms with Gasteiger partial charge in [-0.15, -0.1) is 0 Å². The number of hydrogen-bond acceptors (Lipinski definition) is 3. The average Bonchev–Trinajstić information content (AvgIpc) is 2.63. The molecule has 0 saturated carbocycles. The fourth-order valence-electron chi connectivity index (χ4n) is 1.52. The molecule has 0 atom stereocenters. The lowest BCUT2D eigenvalue weighted by Gasteiger charge is -2.13. The van der Waals surface area contributed by atoms with Crippen molar-refractivity contribution in [2.24, 2.45) is 0 Å². The van der Waals surface area contributed by atoms with E-state index in [4.69, 9.17) is 0 Å². The first-order valence-corrected chi connectivity index (χ1v) is 6.00. The van der Waals surface area contributed by atoms with Crippen LogP contribution in [0.25, 0.3) is 0 Å². The van der Waals surface area contributed by atoms with E-state index in [9.17, 15) is 9.59 Å². The molecule has 1 N–H and O–H groups in total. The van der Waals surface area contributed by atoms with Crippen LogP contribution in [0.3, 0.4) is 0 Å². The van der Waals surface area contributed by atoms with Gasteiger partial charge in [0.25, 0.3) is 5.56 Å². The molecule has 1 aromatic rings. The SMILES string of the molecule is O=C1NCCN1CCn1ncc(I)cc1=O. The first-order chi connectivity index (χ1) is 7.66. The first kappa shape index (κ1) is 11.4. The first-order valence-electron chi connectivity index (χ1n) is 4.92. The molecule has 0 aromatic carbocycles. The van der Waals surface area contributed by atoms with Gasteiger partial charge in [0.15, 0.2) is 0 Å². The van der Waals surface area contributed by atoms with Crippen LogP contribution in [0.5, 0.6) is 0 Å². The Balaban J connectivity index is 1.99. The number of carbonyl (C=O) groups is 1. The van der Waals surface area contributed by atoms with Gasteiger partial charge in [0, 0.05) is 29.3 Å². The number of urea groups is 1. The molecule has 2 rings (SSSR count). The Morgan fingerprint density at radius 2 is 2.25 bits per heavy atom. The Kier molecular flexibility index (Phi) is 3.42. The summed E-state index contributed by atoms with van der Waals surface area (Å²) in [6.07, 6.45) is 1.63. The lowest BCUT2D eigenvalue weighted by molar-refractivity contribution is 0.214. The summed E-state index contributed by atoms with van der Waals surface area (Å²) < 4.78 is 2.19. The maximum absolute atomic E-state index is 11.5. The average molecular weight is 334 g/mol. The van der Waals surface area contributed by atoms with Gasteiger partial charge in [-0.1, -0.05) is 0 Å². The van der Waals surface area contributed by atoms with Crippen molar-refractivity contribution >= 4 is 28.6 Å². The van der Waals surface area contributed by atoms with Crippen molar-refractivity contribution in [3.05, 3.63) is 26.2 Å². The normalized spacial score (nSPS) is 15.3. The number of nitrogens with one attached hydrogen (secondary N) is 1. The number of rotatable bonds is 3. The lowest BCUT2D eigenvalue weighted by atomic mass is 10.5. The van der Waals surface area contributed by atoms with Gasteiger partial charge in [0.05, 0.1) is 12.7 Å². The predicted molar refractivity (Wildman–Crippen MR) is 66.2 cm³/mol. The summed E-state index contributed by atoms with van der Waals surface area (Å²) in [5.41, 5.74) is -0.133. The van der Waals surface area contributed by atoms with Crippen LogP contribution >= 0.6 is 22.6 Å². The van der Waals surface area contributed by atoms with Crippen molar-refractivity contribution in [1.29, 1.82) is 0 Å². The number of amides is 2. The molecule has 0 spiro atoms. The summed E-state index contributed by atoms with van der Waals surface area (Å²) in [5.74, 6) is 0. The second-order valence-electron chi connectivity index (χ2n) is 3.45. The molecule has 1 aliphatic rings. The molecule has 1 fully saturated rings. The molecular formula is C9H11IN4O2. The van der Waals surface area contributed by atoms with Gasteiger partial charge in [-0.2, -0.15) is 5.10 Å². The lowest BCUT2D eigenvalue weighted by Crippen LogP contribution is -2.34. The van der Waals surface area contributed by atoms with Crippen molar-refractivity contribution in [1.82, 2.24) is 20.0 Å². The van der Waals surface area contributed by atoms with E-state index in [-0.39, 0.29) is 11.6 Å². The Morgan fingerprint density at radius 3 is 2.88 bits per heavy atom. The van der Waals surface area contributed by atoms with E-state index in [2.05, 4.69) is 10.4 Å². The maximum atomic E-state index is 11.5. The Labute approximate surface area is 106 Å². The fraction of sp³-hybridized carbons (Fsp3) is 0.444. The van der Waals surface area contributed by atoms with Crippen LogP contribution in [0.15, 0.2) is 17.1 Å². The minimum Gasteiger partial charge on any atom is -0.336 e. The molecule has 7 heteroatoms. The van der Waals surface area contributed by atoms with Crippen LogP contribution in [-0.2, 0) is 6.54 Å². The molecule has 6 nitrogen and oxygen atoms in total. The molecule has 2 heterocycles. The number of halogens is 1. The van der Waals surface area contributed by atoms with E-state index in [0.29, 0.717) is 26.2 Å². The van der Waals surface area contributed by atoms with Crippen molar-refractivity contribution in [2.45, 2.75) is 6.54 Å². The van der Waals surface area contributed by atoms with Gasteiger partial charge < -0.3 is 10.2 Å². The van der Waals surface area contributed by atoms with Gasteiger partial charge in [0.1, 0.15) is 0 Å². The van der Waals surface area contributed by atoms with Crippen LogP contribution in [0.2, 0.25) is 0 Å². The smallest absolute Gasteiger partial charge is 0.317 e.